The molecule has 0 aromatic heterocycles. The zero-order valence-electron chi connectivity index (χ0n) is 13.7. The topological polar surface area (TPSA) is 49.6 Å². The largest absolute Gasteiger partial charge is 0.368 e. The molecule has 0 radical (unpaired) electrons. The van der Waals surface area contributed by atoms with Crippen molar-refractivity contribution in [2.45, 2.75) is 19.3 Å². The van der Waals surface area contributed by atoms with Crippen molar-refractivity contribution >= 4 is 48.0 Å². The highest BCUT2D eigenvalue weighted by Crippen LogP contribution is 2.32. The summed E-state index contributed by atoms with van der Waals surface area (Å²) in [5, 5.41) is 0.756. The summed E-state index contributed by atoms with van der Waals surface area (Å²) < 4.78 is 0. The van der Waals surface area contributed by atoms with Gasteiger partial charge in [0, 0.05) is 42.8 Å². The van der Waals surface area contributed by atoms with Crippen molar-refractivity contribution in [1.29, 1.82) is 0 Å². The number of piperazine rings is 1. The summed E-state index contributed by atoms with van der Waals surface area (Å²) >= 11 is 5.93. The van der Waals surface area contributed by atoms with Gasteiger partial charge in [-0.3, -0.25) is 4.79 Å². The molecule has 24 heavy (non-hydrogen) atoms. The predicted octanol–water partition coefficient (Wildman–Crippen LogP) is 3.21. The molecule has 7 heteroatoms. The van der Waals surface area contributed by atoms with E-state index in [1.807, 2.05) is 29.2 Å². The van der Waals surface area contributed by atoms with E-state index in [1.165, 1.54) is 5.69 Å². The van der Waals surface area contributed by atoms with Crippen LogP contribution < -0.4 is 10.6 Å². The standard InChI is InChI=1S/C17H24ClN3O.2ClH/c18-14-4-6-15(7-5-14)20-8-10-21(11-9-20)17(22)16-3-1-2-13(16)12-19;;/h4-7,13,16H,1-3,8-12,19H2;2*1H/t13-,16-;;/m1../s1. The summed E-state index contributed by atoms with van der Waals surface area (Å²) in [4.78, 5) is 17.0. The Morgan fingerprint density at radius 1 is 1.08 bits per heavy atom. The van der Waals surface area contributed by atoms with Crippen LogP contribution in [0.2, 0.25) is 5.02 Å². The monoisotopic (exact) mass is 393 g/mol. The number of hydrogen-bond acceptors (Lipinski definition) is 3. The average molecular weight is 395 g/mol. The molecule has 0 unspecified atom stereocenters. The van der Waals surface area contributed by atoms with E-state index >= 15 is 0 Å². The molecule has 1 aliphatic heterocycles. The van der Waals surface area contributed by atoms with Crippen LogP contribution in [0.25, 0.3) is 0 Å². The fraction of sp³-hybridized carbons (Fsp3) is 0.588. The Kier molecular flexibility index (Phi) is 8.65. The number of carbonyl (C=O) groups excluding carboxylic acids is 1. The Balaban J connectivity index is 0.00000144. The molecule has 0 bridgehead atoms. The Bertz CT molecular complexity index is 518. The highest BCUT2D eigenvalue weighted by Gasteiger charge is 2.35. The van der Waals surface area contributed by atoms with Crippen LogP contribution in [0.1, 0.15) is 19.3 Å². The van der Waals surface area contributed by atoms with Crippen molar-refractivity contribution in [3.8, 4) is 0 Å². The summed E-state index contributed by atoms with van der Waals surface area (Å²) in [5.74, 6) is 0.873. The number of nitrogens with zero attached hydrogens (tertiary/aromatic N) is 2. The molecule has 2 atom stereocenters. The molecule has 0 spiro atoms. The zero-order chi connectivity index (χ0) is 15.5. The van der Waals surface area contributed by atoms with E-state index in [1.54, 1.807) is 0 Å². The zero-order valence-corrected chi connectivity index (χ0v) is 16.1. The number of benzene rings is 1. The first-order valence-electron chi connectivity index (χ1n) is 8.18. The summed E-state index contributed by atoms with van der Waals surface area (Å²) in [6.45, 7) is 4.01. The van der Waals surface area contributed by atoms with Crippen LogP contribution in [0.3, 0.4) is 0 Å². The molecular weight excluding hydrogens is 369 g/mol. The van der Waals surface area contributed by atoms with Crippen molar-refractivity contribution in [3.63, 3.8) is 0 Å². The Morgan fingerprint density at radius 2 is 1.71 bits per heavy atom. The summed E-state index contributed by atoms with van der Waals surface area (Å²) in [6, 6.07) is 7.92. The van der Waals surface area contributed by atoms with Gasteiger partial charge in [0.1, 0.15) is 0 Å². The first-order valence-corrected chi connectivity index (χ1v) is 8.56. The number of hydrogen-bond donors (Lipinski definition) is 1. The van der Waals surface area contributed by atoms with Gasteiger partial charge in [0.25, 0.3) is 0 Å². The minimum absolute atomic E-state index is 0. The molecule has 1 aromatic carbocycles. The molecule has 2 N–H and O–H groups in total. The number of anilines is 1. The van der Waals surface area contributed by atoms with E-state index in [0.717, 1.165) is 50.5 Å². The van der Waals surface area contributed by atoms with Crippen LogP contribution in [0.5, 0.6) is 0 Å². The predicted molar refractivity (Wildman–Crippen MR) is 105 cm³/mol. The molecule has 3 rings (SSSR count). The van der Waals surface area contributed by atoms with Crippen molar-refractivity contribution < 1.29 is 4.79 Å². The summed E-state index contributed by atoms with van der Waals surface area (Å²) in [6.07, 6.45) is 3.26. The van der Waals surface area contributed by atoms with Gasteiger partial charge in [-0.15, -0.1) is 24.8 Å². The van der Waals surface area contributed by atoms with Gasteiger partial charge in [-0.1, -0.05) is 18.0 Å². The average Bonchev–Trinajstić information content (AvgIpc) is 3.04. The van der Waals surface area contributed by atoms with Gasteiger partial charge >= 0.3 is 0 Å². The van der Waals surface area contributed by atoms with Gasteiger partial charge < -0.3 is 15.5 Å². The van der Waals surface area contributed by atoms with Gasteiger partial charge in [-0.25, -0.2) is 0 Å². The van der Waals surface area contributed by atoms with Crippen molar-refractivity contribution in [2.24, 2.45) is 17.6 Å². The molecule has 136 valence electrons. The molecule has 1 heterocycles. The second kappa shape index (κ2) is 9.71. The van der Waals surface area contributed by atoms with Crippen molar-refractivity contribution in [1.82, 2.24) is 4.90 Å². The maximum Gasteiger partial charge on any atom is 0.226 e. The van der Waals surface area contributed by atoms with E-state index in [9.17, 15) is 4.79 Å². The first kappa shape index (κ1) is 21.4. The normalized spacial score (nSPS) is 23.4. The third kappa shape index (κ3) is 4.69. The van der Waals surface area contributed by atoms with Crippen LogP contribution in [0.4, 0.5) is 5.69 Å². The van der Waals surface area contributed by atoms with Crippen LogP contribution in [0.15, 0.2) is 24.3 Å². The second-order valence-corrected chi connectivity index (χ2v) is 6.76. The summed E-state index contributed by atoms with van der Waals surface area (Å²) in [5.41, 5.74) is 6.99. The third-order valence-corrected chi connectivity index (χ3v) is 5.31. The van der Waals surface area contributed by atoms with Crippen molar-refractivity contribution in [3.05, 3.63) is 29.3 Å². The lowest BCUT2D eigenvalue weighted by Gasteiger charge is -2.38. The van der Waals surface area contributed by atoms with E-state index < -0.39 is 0 Å². The number of nitrogens with two attached hydrogens (primary N) is 1. The lowest BCUT2D eigenvalue weighted by atomic mass is 9.94. The lowest BCUT2D eigenvalue weighted by molar-refractivity contribution is -0.136. The minimum atomic E-state index is 0. The fourth-order valence-electron chi connectivity index (χ4n) is 3.72. The molecule has 1 saturated carbocycles. The van der Waals surface area contributed by atoms with E-state index in [2.05, 4.69) is 4.90 Å². The lowest BCUT2D eigenvalue weighted by Crippen LogP contribution is -2.51. The molecule has 2 aliphatic rings. The van der Waals surface area contributed by atoms with Gasteiger partial charge in [-0.2, -0.15) is 0 Å². The minimum Gasteiger partial charge on any atom is -0.368 e. The van der Waals surface area contributed by atoms with Gasteiger partial charge in [-0.05, 0) is 49.6 Å². The quantitative estimate of drug-likeness (QED) is 0.856. The SMILES string of the molecule is Cl.Cl.NC[C@H]1CCC[C@H]1C(=O)N1CCN(c2ccc(Cl)cc2)CC1. The van der Waals surface area contributed by atoms with Gasteiger partial charge in [0.15, 0.2) is 0 Å². The highest BCUT2D eigenvalue weighted by atomic mass is 35.5. The number of halogens is 3. The number of carbonyl (C=O) groups is 1. The Morgan fingerprint density at radius 3 is 2.29 bits per heavy atom. The van der Waals surface area contributed by atoms with Crippen LogP contribution >= 0.6 is 36.4 Å². The Labute approximate surface area is 161 Å². The second-order valence-electron chi connectivity index (χ2n) is 6.32. The van der Waals surface area contributed by atoms with Crippen LogP contribution in [0, 0.1) is 11.8 Å². The molecule has 2 fully saturated rings. The van der Waals surface area contributed by atoms with E-state index in [-0.39, 0.29) is 30.7 Å². The summed E-state index contributed by atoms with van der Waals surface area (Å²) in [7, 11) is 0. The van der Waals surface area contributed by atoms with E-state index in [4.69, 9.17) is 17.3 Å². The van der Waals surface area contributed by atoms with E-state index in [0.29, 0.717) is 18.4 Å². The molecule has 1 amide bonds. The van der Waals surface area contributed by atoms with Crippen LogP contribution in [-0.4, -0.2) is 43.5 Å². The molecule has 4 nitrogen and oxygen atoms in total. The molecule has 1 saturated heterocycles. The van der Waals surface area contributed by atoms with Crippen molar-refractivity contribution in [2.75, 3.05) is 37.6 Å². The Hall–Kier alpha value is -0.680. The number of amides is 1. The fourth-order valence-corrected chi connectivity index (χ4v) is 3.84. The van der Waals surface area contributed by atoms with Crippen LogP contribution in [-0.2, 0) is 4.79 Å². The third-order valence-electron chi connectivity index (χ3n) is 5.06. The van der Waals surface area contributed by atoms with Gasteiger partial charge in [0.2, 0.25) is 5.91 Å². The first-order chi connectivity index (χ1) is 10.7. The molecule has 1 aliphatic carbocycles. The smallest absolute Gasteiger partial charge is 0.226 e. The highest BCUT2D eigenvalue weighted by molar-refractivity contribution is 6.30. The van der Waals surface area contributed by atoms with Gasteiger partial charge in [0.05, 0.1) is 0 Å². The molecule has 1 aromatic rings. The maximum absolute atomic E-state index is 12.7. The molecular formula is C17H26Cl3N3O. The maximum atomic E-state index is 12.7. The number of rotatable bonds is 3.